The number of hydrogen-bond acceptors (Lipinski definition) is 3. The van der Waals surface area contributed by atoms with E-state index in [1.165, 1.54) is 6.07 Å². The summed E-state index contributed by atoms with van der Waals surface area (Å²) < 4.78 is 52.6. The van der Waals surface area contributed by atoms with Crippen LogP contribution < -0.4 is 0 Å². The molecule has 136 valence electrons. The molecule has 1 aliphatic heterocycles. The number of aromatic nitrogens is 1. The lowest BCUT2D eigenvalue weighted by molar-refractivity contribution is -0.0214. The molecule has 0 bridgehead atoms. The molecule has 0 spiro atoms. The first kappa shape index (κ1) is 18.8. The average molecular weight is 435 g/mol. The van der Waals surface area contributed by atoms with Crippen molar-refractivity contribution >= 4 is 44.5 Å². The molecule has 0 unspecified atom stereocenters. The Morgan fingerprint density at radius 2 is 2.04 bits per heavy atom. The van der Waals surface area contributed by atoms with Crippen LogP contribution in [0.15, 0.2) is 27.2 Å². The minimum atomic E-state index is -2.75. The Morgan fingerprint density at radius 3 is 2.56 bits per heavy atom. The summed E-state index contributed by atoms with van der Waals surface area (Å²) in [6.45, 7) is 6.72. The maximum atomic E-state index is 14.1. The fourth-order valence-corrected chi connectivity index (χ4v) is 3.41. The summed E-state index contributed by atoms with van der Waals surface area (Å²) in [7, 11) is 0. The SMILES string of the molecule is CC(C)(C)SN=C(c1cn(C2COC2)c2cc(Br)c(F)cc12)C(F)F. The zero-order valence-corrected chi connectivity index (χ0v) is 16.4. The number of rotatable bonds is 4. The van der Waals surface area contributed by atoms with E-state index in [1.807, 2.05) is 25.3 Å². The largest absolute Gasteiger partial charge is 0.377 e. The van der Waals surface area contributed by atoms with Crippen LogP contribution in [-0.2, 0) is 4.74 Å². The Bertz CT molecular complexity index is 825. The molecule has 1 aliphatic rings. The van der Waals surface area contributed by atoms with Gasteiger partial charge in [0.25, 0.3) is 6.43 Å². The maximum Gasteiger partial charge on any atom is 0.281 e. The normalized spacial score (nSPS) is 16.7. The van der Waals surface area contributed by atoms with Gasteiger partial charge in [0, 0.05) is 21.9 Å². The molecule has 8 heteroatoms. The lowest BCUT2D eigenvalue weighted by Crippen LogP contribution is -2.30. The van der Waals surface area contributed by atoms with E-state index >= 15 is 0 Å². The van der Waals surface area contributed by atoms with Gasteiger partial charge in [-0.25, -0.2) is 17.6 Å². The van der Waals surface area contributed by atoms with Crippen LogP contribution in [0.1, 0.15) is 32.4 Å². The molecule has 1 aromatic carbocycles. The van der Waals surface area contributed by atoms with Crippen LogP contribution in [0.4, 0.5) is 13.2 Å². The molecule has 3 nitrogen and oxygen atoms in total. The number of ether oxygens (including phenoxy) is 1. The number of alkyl halides is 2. The second-order valence-electron chi connectivity index (χ2n) is 6.91. The van der Waals surface area contributed by atoms with E-state index in [0.29, 0.717) is 28.6 Å². The summed E-state index contributed by atoms with van der Waals surface area (Å²) in [5.74, 6) is -0.492. The predicted molar refractivity (Wildman–Crippen MR) is 99.3 cm³/mol. The summed E-state index contributed by atoms with van der Waals surface area (Å²) in [5.41, 5.74) is 0.622. The third-order valence-electron chi connectivity index (χ3n) is 3.79. The van der Waals surface area contributed by atoms with E-state index in [-0.39, 0.29) is 22.1 Å². The van der Waals surface area contributed by atoms with Crippen molar-refractivity contribution in [2.45, 2.75) is 38.0 Å². The lowest BCUT2D eigenvalue weighted by Gasteiger charge is -2.28. The third-order valence-corrected chi connectivity index (χ3v) is 5.23. The van der Waals surface area contributed by atoms with Crippen LogP contribution in [0.5, 0.6) is 0 Å². The molecule has 0 radical (unpaired) electrons. The van der Waals surface area contributed by atoms with Crippen molar-refractivity contribution < 1.29 is 17.9 Å². The molecule has 25 heavy (non-hydrogen) atoms. The maximum absolute atomic E-state index is 14.1. The summed E-state index contributed by atoms with van der Waals surface area (Å²) in [4.78, 5) is 0. The second kappa shape index (κ2) is 6.96. The highest BCUT2D eigenvalue weighted by Gasteiger charge is 2.28. The molecular formula is C17H18BrF3N2OS. The van der Waals surface area contributed by atoms with Crippen molar-refractivity contribution in [3.63, 3.8) is 0 Å². The summed E-state index contributed by atoms with van der Waals surface area (Å²) in [6, 6.07) is 2.96. The van der Waals surface area contributed by atoms with Gasteiger partial charge in [0.1, 0.15) is 11.5 Å². The number of benzene rings is 1. The monoisotopic (exact) mass is 434 g/mol. The van der Waals surface area contributed by atoms with E-state index < -0.39 is 12.2 Å². The molecule has 0 N–H and O–H groups in total. The first-order valence-corrected chi connectivity index (χ1v) is 9.36. The predicted octanol–water partition coefficient (Wildman–Crippen LogP) is 5.62. The van der Waals surface area contributed by atoms with Gasteiger partial charge in [0.2, 0.25) is 0 Å². The van der Waals surface area contributed by atoms with E-state index in [9.17, 15) is 13.2 Å². The topological polar surface area (TPSA) is 26.5 Å². The number of nitrogens with zero attached hydrogens (tertiary/aromatic N) is 2. The summed E-state index contributed by atoms with van der Waals surface area (Å²) in [5, 5.41) is 0.432. The van der Waals surface area contributed by atoms with Gasteiger partial charge in [-0.15, -0.1) is 0 Å². The molecule has 0 aliphatic carbocycles. The molecule has 0 saturated carbocycles. The lowest BCUT2D eigenvalue weighted by atomic mass is 10.1. The fourth-order valence-electron chi connectivity index (χ4n) is 2.53. The van der Waals surface area contributed by atoms with E-state index in [4.69, 9.17) is 4.74 Å². The zero-order chi connectivity index (χ0) is 18.4. The molecule has 2 aromatic rings. The molecule has 0 amide bonds. The highest BCUT2D eigenvalue weighted by Crippen LogP contribution is 2.34. The van der Waals surface area contributed by atoms with Crippen LogP contribution >= 0.6 is 27.9 Å². The minimum absolute atomic E-state index is 0.0582. The smallest absolute Gasteiger partial charge is 0.281 e. The molecule has 0 atom stereocenters. The number of halogens is 4. The Kier molecular flexibility index (Phi) is 5.23. The molecular weight excluding hydrogens is 417 g/mol. The highest BCUT2D eigenvalue weighted by atomic mass is 79.9. The number of hydrogen-bond donors (Lipinski definition) is 0. The van der Waals surface area contributed by atoms with Crippen molar-refractivity contribution in [1.29, 1.82) is 0 Å². The van der Waals surface area contributed by atoms with Crippen LogP contribution in [0.25, 0.3) is 10.9 Å². The van der Waals surface area contributed by atoms with Crippen molar-refractivity contribution in [3.05, 3.63) is 34.2 Å². The fraction of sp³-hybridized carbons (Fsp3) is 0.471. The highest BCUT2D eigenvalue weighted by molar-refractivity contribution is 9.10. The minimum Gasteiger partial charge on any atom is -0.377 e. The molecule has 3 rings (SSSR count). The van der Waals surface area contributed by atoms with Gasteiger partial charge in [-0.1, -0.05) is 0 Å². The standard InChI is InChI=1S/C17H18BrF3N2OS/c1-17(2,3)25-22-15(16(20)21)11-6-23(9-7-24-8-9)14-5-12(18)13(19)4-10(11)14/h4-6,9,16H,7-8H2,1-3H3. The van der Waals surface area contributed by atoms with Gasteiger partial charge in [0.15, 0.2) is 0 Å². The Hall–Kier alpha value is -0.990. The third kappa shape index (κ3) is 3.90. The van der Waals surface area contributed by atoms with Crippen LogP contribution in [0.2, 0.25) is 0 Å². The van der Waals surface area contributed by atoms with Gasteiger partial charge < -0.3 is 9.30 Å². The summed E-state index contributed by atoms with van der Waals surface area (Å²) in [6.07, 6.45) is -1.11. The first-order chi connectivity index (χ1) is 11.7. The Balaban J connectivity index is 2.18. The molecule has 1 aromatic heterocycles. The van der Waals surface area contributed by atoms with Crippen LogP contribution in [0.3, 0.4) is 0 Å². The first-order valence-electron chi connectivity index (χ1n) is 7.79. The van der Waals surface area contributed by atoms with Crippen LogP contribution in [0, 0.1) is 5.82 Å². The van der Waals surface area contributed by atoms with Crippen molar-refractivity contribution in [2.75, 3.05) is 13.2 Å². The molecule has 1 fully saturated rings. The quantitative estimate of drug-likeness (QED) is 0.461. The van der Waals surface area contributed by atoms with Crippen molar-refractivity contribution in [1.82, 2.24) is 4.57 Å². The van der Waals surface area contributed by atoms with E-state index in [0.717, 1.165) is 11.9 Å². The molecule has 1 saturated heterocycles. The Labute approximate surface area is 156 Å². The number of fused-ring (bicyclic) bond motifs is 1. The van der Waals surface area contributed by atoms with Gasteiger partial charge in [-0.05, 0) is 60.8 Å². The van der Waals surface area contributed by atoms with E-state index in [2.05, 4.69) is 20.3 Å². The van der Waals surface area contributed by atoms with Gasteiger partial charge >= 0.3 is 0 Å². The van der Waals surface area contributed by atoms with Gasteiger partial charge in [-0.3, -0.25) is 0 Å². The summed E-state index contributed by atoms with van der Waals surface area (Å²) >= 11 is 4.26. The zero-order valence-electron chi connectivity index (χ0n) is 14.0. The van der Waals surface area contributed by atoms with Crippen molar-refractivity contribution in [2.24, 2.45) is 4.40 Å². The van der Waals surface area contributed by atoms with Gasteiger partial charge in [-0.2, -0.15) is 0 Å². The average Bonchev–Trinajstić information content (AvgIpc) is 2.75. The second-order valence-corrected chi connectivity index (χ2v) is 9.35. The Morgan fingerprint density at radius 1 is 1.36 bits per heavy atom. The van der Waals surface area contributed by atoms with E-state index in [1.54, 1.807) is 12.3 Å². The van der Waals surface area contributed by atoms with Gasteiger partial charge in [0.05, 0.1) is 29.2 Å². The molecule has 2 heterocycles. The van der Waals surface area contributed by atoms with Crippen LogP contribution in [-0.4, -0.2) is 34.7 Å². The van der Waals surface area contributed by atoms with Crippen molar-refractivity contribution in [3.8, 4) is 0 Å².